The molecule has 0 bridgehead atoms. The van der Waals surface area contributed by atoms with Crippen LogP contribution in [0.2, 0.25) is 0 Å². The second kappa shape index (κ2) is 11.0. The van der Waals surface area contributed by atoms with Crippen LogP contribution in [0.1, 0.15) is 47.8 Å². The first kappa shape index (κ1) is 27.4. The van der Waals surface area contributed by atoms with Gasteiger partial charge in [-0.1, -0.05) is 123 Å². The fourth-order valence-corrected chi connectivity index (χ4v) is 8.97. The van der Waals surface area contributed by atoms with Gasteiger partial charge in [-0.3, -0.25) is 0 Å². The van der Waals surface area contributed by atoms with Crippen LogP contribution >= 0.6 is 11.3 Å². The van der Waals surface area contributed by atoms with Gasteiger partial charge in [0, 0.05) is 31.8 Å². The van der Waals surface area contributed by atoms with E-state index in [-0.39, 0.29) is 0 Å². The Kier molecular flexibility index (Phi) is 7.00. The first-order valence-electron chi connectivity index (χ1n) is 14.5. The summed E-state index contributed by atoms with van der Waals surface area (Å²) in [6, 6.07) is 39.3. The van der Waals surface area contributed by atoms with E-state index < -0.39 is 9.84 Å². The number of allylic oxidation sites excluding steroid dienone is 2. The summed E-state index contributed by atoms with van der Waals surface area (Å²) in [6.07, 6.45) is 2.82. The van der Waals surface area contributed by atoms with Crippen LogP contribution in [-0.2, 0) is 9.84 Å². The summed E-state index contributed by atoms with van der Waals surface area (Å²) in [5.41, 5.74) is 5.70. The number of rotatable bonds is 7. The smallest absolute Gasteiger partial charge is 0.208 e. The summed E-state index contributed by atoms with van der Waals surface area (Å²) in [6.45, 7) is 4.44. The molecule has 0 spiro atoms. The average Bonchev–Trinajstić information content (AvgIpc) is 3.73. The van der Waals surface area contributed by atoms with Crippen LogP contribution in [0.15, 0.2) is 132 Å². The van der Waals surface area contributed by atoms with Crippen molar-refractivity contribution in [2.75, 3.05) is 0 Å². The lowest BCUT2D eigenvalue weighted by Crippen LogP contribution is -2.03. The molecule has 4 aromatic carbocycles. The normalized spacial score (nSPS) is 15.2. The molecule has 1 aliphatic heterocycles. The number of furan rings is 1. The van der Waals surface area contributed by atoms with E-state index in [1.807, 2.05) is 97.1 Å². The highest BCUT2D eigenvalue weighted by atomic mass is 32.2. The van der Waals surface area contributed by atoms with Crippen molar-refractivity contribution in [2.24, 2.45) is 0 Å². The Labute approximate surface area is 256 Å². The Morgan fingerprint density at radius 1 is 0.744 bits per heavy atom. The second-order valence-corrected chi connectivity index (χ2v) is 13.8. The third-order valence-electron chi connectivity index (χ3n) is 8.16. The molecule has 3 heterocycles. The maximum Gasteiger partial charge on any atom is 0.208 e. The van der Waals surface area contributed by atoms with Gasteiger partial charge in [-0.15, -0.1) is 11.3 Å². The number of fused-ring (bicyclic) bond motifs is 1. The SMILES string of the molecule is CC[C@H](C)c1sc(-c2ccccc2)cc1-c1oc2ccccc2c1C1=C(c2ccccc2)S(=O)(=O)C(c2ccccc2)=C1. The maximum absolute atomic E-state index is 14.4. The van der Waals surface area contributed by atoms with Crippen molar-refractivity contribution in [2.45, 2.75) is 26.2 Å². The Morgan fingerprint density at radius 3 is 1.98 bits per heavy atom. The quantitative estimate of drug-likeness (QED) is 0.184. The van der Waals surface area contributed by atoms with E-state index in [0.717, 1.165) is 39.0 Å². The Morgan fingerprint density at radius 2 is 1.33 bits per heavy atom. The lowest BCUT2D eigenvalue weighted by atomic mass is 9.93. The van der Waals surface area contributed by atoms with E-state index in [1.54, 1.807) is 11.3 Å². The number of hydrogen-bond donors (Lipinski definition) is 0. The van der Waals surface area contributed by atoms with Gasteiger partial charge in [0.1, 0.15) is 11.3 Å². The molecule has 1 atom stereocenters. The van der Waals surface area contributed by atoms with Crippen LogP contribution < -0.4 is 0 Å². The van der Waals surface area contributed by atoms with E-state index in [1.165, 1.54) is 4.88 Å². The summed E-state index contributed by atoms with van der Waals surface area (Å²) in [4.78, 5) is 3.00. The number of sulfone groups is 1. The maximum atomic E-state index is 14.4. The zero-order valence-electron chi connectivity index (χ0n) is 24.0. The molecule has 7 rings (SSSR count). The van der Waals surface area contributed by atoms with Crippen LogP contribution in [0.4, 0.5) is 0 Å². The lowest BCUT2D eigenvalue weighted by Gasteiger charge is -2.12. The fraction of sp³-hybridized carbons (Fsp3) is 0.105. The van der Waals surface area contributed by atoms with Crippen molar-refractivity contribution in [1.29, 1.82) is 0 Å². The van der Waals surface area contributed by atoms with Crippen LogP contribution in [0.5, 0.6) is 0 Å². The Bertz CT molecular complexity index is 2120. The molecule has 5 heteroatoms. The van der Waals surface area contributed by atoms with E-state index >= 15 is 0 Å². The molecular formula is C38H30O3S2. The predicted octanol–water partition coefficient (Wildman–Crippen LogP) is 10.7. The molecular weight excluding hydrogens is 569 g/mol. The minimum atomic E-state index is -3.84. The number of hydrogen-bond acceptors (Lipinski definition) is 4. The van der Waals surface area contributed by atoms with Crippen LogP contribution in [-0.4, -0.2) is 8.42 Å². The lowest BCUT2D eigenvalue weighted by molar-refractivity contribution is 0.615. The zero-order valence-corrected chi connectivity index (χ0v) is 25.6. The molecule has 0 saturated heterocycles. The molecule has 1 aliphatic rings. The van der Waals surface area contributed by atoms with Crippen molar-refractivity contribution < 1.29 is 12.8 Å². The fourth-order valence-electron chi connectivity index (χ4n) is 5.84. The molecule has 43 heavy (non-hydrogen) atoms. The number of benzene rings is 4. The van der Waals surface area contributed by atoms with Gasteiger partial charge in [0.2, 0.25) is 9.84 Å². The molecule has 2 aromatic heterocycles. The highest BCUT2D eigenvalue weighted by Gasteiger charge is 2.37. The molecule has 0 aliphatic carbocycles. The molecule has 0 saturated carbocycles. The van der Waals surface area contributed by atoms with E-state index in [9.17, 15) is 8.42 Å². The topological polar surface area (TPSA) is 47.3 Å². The molecule has 0 amide bonds. The van der Waals surface area contributed by atoms with E-state index in [2.05, 4.69) is 44.2 Å². The van der Waals surface area contributed by atoms with Gasteiger partial charge in [0.15, 0.2) is 0 Å². The summed E-state index contributed by atoms with van der Waals surface area (Å²) in [5, 5.41) is 0.893. The molecule has 0 fully saturated rings. The largest absolute Gasteiger partial charge is 0.455 e. The first-order valence-corrected chi connectivity index (χ1v) is 16.8. The molecule has 212 valence electrons. The van der Waals surface area contributed by atoms with Gasteiger partial charge >= 0.3 is 0 Å². The predicted molar refractivity (Wildman–Crippen MR) is 180 cm³/mol. The van der Waals surface area contributed by atoms with Gasteiger partial charge in [0.05, 0.1) is 9.81 Å². The number of para-hydroxylation sites is 1. The zero-order chi connectivity index (χ0) is 29.6. The monoisotopic (exact) mass is 598 g/mol. The number of thiophene rings is 1. The van der Waals surface area contributed by atoms with Gasteiger partial charge in [-0.25, -0.2) is 8.42 Å². The van der Waals surface area contributed by atoms with Crippen molar-refractivity contribution >= 4 is 47.5 Å². The van der Waals surface area contributed by atoms with Crippen molar-refractivity contribution in [3.05, 3.63) is 149 Å². The summed E-state index contributed by atoms with van der Waals surface area (Å²) in [7, 11) is -3.84. The molecule has 0 radical (unpaired) electrons. The minimum absolute atomic E-state index is 0.295. The van der Waals surface area contributed by atoms with Crippen molar-refractivity contribution in [3.8, 4) is 21.8 Å². The van der Waals surface area contributed by atoms with Crippen LogP contribution in [0.25, 0.3) is 48.1 Å². The molecule has 3 nitrogen and oxygen atoms in total. The highest BCUT2D eigenvalue weighted by Crippen LogP contribution is 2.52. The highest BCUT2D eigenvalue weighted by molar-refractivity contribution is 8.09. The summed E-state index contributed by atoms with van der Waals surface area (Å²) in [5.74, 6) is 1.00. The van der Waals surface area contributed by atoms with E-state index in [0.29, 0.717) is 38.2 Å². The second-order valence-electron chi connectivity index (χ2n) is 10.9. The Hall–Kier alpha value is -4.45. The van der Waals surface area contributed by atoms with Gasteiger partial charge in [-0.2, -0.15) is 0 Å². The molecule has 0 N–H and O–H groups in total. The van der Waals surface area contributed by atoms with Gasteiger partial charge < -0.3 is 4.42 Å². The van der Waals surface area contributed by atoms with E-state index in [4.69, 9.17) is 4.42 Å². The van der Waals surface area contributed by atoms with Crippen molar-refractivity contribution in [3.63, 3.8) is 0 Å². The van der Waals surface area contributed by atoms with Gasteiger partial charge in [-0.05, 0) is 47.2 Å². The average molecular weight is 599 g/mol. The first-order chi connectivity index (χ1) is 21.0. The van der Waals surface area contributed by atoms with Crippen LogP contribution in [0, 0.1) is 0 Å². The molecule has 6 aromatic rings. The Balaban J connectivity index is 1.57. The third kappa shape index (κ3) is 4.69. The standard InChI is InChI=1S/C38H30O3S2/c1-3-25(2)37-31(23-33(42-37)26-15-7-4-8-16-26)36-35(29-21-13-14-22-32(29)41-36)30-24-34(27-17-9-5-10-18-27)43(39,40)38(30)28-19-11-6-12-20-28/h4-25H,3H2,1-2H3/t25-/m0/s1. The van der Waals surface area contributed by atoms with Crippen LogP contribution in [0.3, 0.4) is 0 Å². The summed E-state index contributed by atoms with van der Waals surface area (Å²) < 4.78 is 35.6. The third-order valence-corrected chi connectivity index (χ3v) is 11.5. The van der Waals surface area contributed by atoms with Crippen molar-refractivity contribution in [1.82, 2.24) is 0 Å². The summed E-state index contributed by atoms with van der Waals surface area (Å²) >= 11 is 1.79. The molecule has 0 unspecified atom stereocenters. The van der Waals surface area contributed by atoms with Gasteiger partial charge in [0.25, 0.3) is 0 Å². The minimum Gasteiger partial charge on any atom is -0.455 e.